The number of aliphatic carboxylic acids is 1. The minimum atomic E-state index is -2.34. The van der Waals surface area contributed by atoms with Gasteiger partial charge in [-0.1, -0.05) is 0 Å². The molecule has 0 aromatic heterocycles. The van der Waals surface area contributed by atoms with Crippen molar-refractivity contribution in [2.24, 2.45) is 5.41 Å². The van der Waals surface area contributed by atoms with Gasteiger partial charge in [0.05, 0.1) is 11.5 Å². The molecule has 1 rings (SSSR count). The lowest BCUT2D eigenvalue weighted by Crippen LogP contribution is -2.65. The molecule has 1 saturated carbocycles. The van der Waals surface area contributed by atoms with Crippen molar-refractivity contribution >= 4 is 11.8 Å². The molecule has 86 valence electrons. The minimum absolute atomic E-state index is 0.567. The van der Waals surface area contributed by atoms with Gasteiger partial charge in [0.1, 0.15) is 6.10 Å². The van der Waals surface area contributed by atoms with Crippen LogP contribution in [-0.4, -0.2) is 50.0 Å². The van der Waals surface area contributed by atoms with E-state index >= 15 is 0 Å². The predicted octanol–water partition coefficient (Wildman–Crippen LogP) is -1.48. The van der Waals surface area contributed by atoms with Crippen LogP contribution in [0.5, 0.6) is 0 Å². The molecule has 0 aromatic rings. The van der Waals surface area contributed by atoms with Crippen LogP contribution in [0.1, 0.15) is 20.3 Å². The Morgan fingerprint density at radius 3 is 2.27 bits per heavy atom. The van der Waals surface area contributed by atoms with Gasteiger partial charge in [-0.3, -0.25) is 4.79 Å². The number of ketones is 1. The number of carboxylic acid groups (broad SMARTS) is 1. The van der Waals surface area contributed by atoms with Crippen LogP contribution in [-0.2, 0) is 9.59 Å². The highest BCUT2D eigenvalue weighted by Crippen LogP contribution is 2.41. The quantitative estimate of drug-likeness (QED) is 0.427. The molecule has 1 aliphatic rings. The normalized spacial score (nSPS) is 40.2. The van der Waals surface area contributed by atoms with E-state index in [0.29, 0.717) is 0 Å². The van der Waals surface area contributed by atoms with Gasteiger partial charge in [-0.25, -0.2) is 4.79 Å². The van der Waals surface area contributed by atoms with Gasteiger partial charge < -0.3 is 20.4 Å². The second-order valence-corrected chi connectivity index (χ2v) is 4.37. The Kier molecular flexibility index (Phi) is 2.63. The Labute approximate surface area is 86.2 Å². The number of carboxylic acids is 1. The van der Waals surface area contributed by atoms with E-state index in [1.54, 1.807) is 0 Å². The van der Waals surface area contributed by atoms with E-state index in [-0.39, 0.29) is 0 Å². The highest BCUT2D eigenvalue weighted by molar-refractivity contribution is 5.97. The Balaban J connectivity index is 3.21. The van der Waals surface area contributed by atoms with Gasteiger partial charge in [0.15, 0.2) is 11.4 Å². The average Bonchev–Trinajstić information content (AvgIpc) is 2.12. The molecular formula is C9H14O6. The van der Waals surface area contributed by atoms with Gasteiger partial charge in [0, 0.05) is 6.42 Å². The molecule has 0 saturated heterocycles. The molecule has 4 N–H and O–H groups in total. The van der Waals surface area contributed by atoms with E-state index < -0.39 is 41.4 Å². The van der Waals surface area contributed by atoms with Gasteiger partial charge in [-0.2, -0.15) is 0 Å². The largest absolute Gasteiger partial charge is 0.479 e. The molecule has 6 nitrogen and oxygen atoms in total. The van der Waals surface area contributed by atoms with E-state index in [9.17, 15) is 24.9 Å². The molecule has 0 heterocycles. The van der Waals surface area contributed by atoms with Crippen LogP contribution in [0, 0.1) is 5.41 Å². The van der Waals surface area contributed by atoms with Gasteiger partial charge in [-0.15, -0.1) is 0 Å². The molecule has 0 spiro atoms. The smallest absolute Gasteiger partial charge is 0.336 e. The van der Waals surface area contributed by atoms with E-state index in [2.05, 4.69) is 0 Å². The van der Waals surface area contributed by atoms with Crippen molar-refractivity contribution in [2.75, 3.05) is 0 Å². The molecule has 3 atom stereocenters. The number of rotatable bonds is 1. The summed E-state index contributed by atoms with van der Waals surface area (Å²) < 4.78 is 0. The second-order valence-electron chi connectivity index (χ2n) is 4.37. The summed E-state index contributed by atoms with van der Waals surface area (Å²) in [5.74, 6) is -2.45. The molecule has 1 aliphatic carbocycles. The number of carbonyl (C=O) groups excluding carboxylic acids is 1. The second kappa shape index (κ2) is 3.26. The summed E-state index contributed by atoms with van der Waals surface area (Å²) in [6, 6.07) is 0. The summed E-state index contributed by atoms with van der Waals surface area (Å²) in [5.41, 5.74) is -3.97. The Morgan fingerprint density at radius 2 is 1.87 bits per heavy atom. The summed E-state index contributed by atoms with van der Waals surface area (Å²) in [6.07, 6.45) is -3.76. The first-order valence-electron chi connectivity index (χ1n) is 4.51. The lowest BCUT2D eigenvalue weighted by molar-refractivity contribution is -0.200. The van der Waals surface area contributed by atoms with Crippen molar-refractivity contribution in [2.45, 2.75) is 38.1 Å². The zero-order valence-electron chi connectivity index (χ0n) is 8.47. The fourth-order valence-corrected chi connectivity index (χ4v) is 1.77. The third-order valence-corrected chi connectivity index (χ3v) is 3.14. The average molecular weight is 218 g/mol. The summed E-state index contributed by atoms with van der Waals surface area (Å²) >= 11 is 0. The van der Waals surface area contributed by atoms with Crippen LogP contribution in [0.15, 0.2) is 0 Å². The summed E-state index contributed by atoms with van der Waals surface area (Å²) in [7, 11) is 0. The van der Waals surface area contributed by atoms with Crippen LogP contribution in [0.4, 0.5) is 0 Å². The summed E-state index contributed by atoms with van der Waals surface area (Å²) in [4.78, 5) is 22.4. The van der Waals surface area contributed by atoms with Crippen molar-refractivity contribution in [3.05, 3.63) is 0 Å². The number of hydrogen-bond acceptors (Lipinski definition) is 5. The van der Waals surface area contributed by atoms with Crippen LogP contribution in [0.3, 0.4) is 0 Å². The molecule has 15 heavy (non-hydrogen) atoms. The highest BCUT2D eigenvalue weighted by Gasteiger charge is 2.61. The van der Waals surface area contributed by atoms with Crippen LogP contribution < -0.4 is 0 Å². The molecule has 6 heteroatoms. The molecule has 0 unspecified atom stereocenters. The van der Waals surface area contributed by atoms with E-state index in [1.165, 1.54) is 13.8 Å². The molecule has 0 radical (unpaired) electrons. The Bertz CT molecular complexity index is 310. The molecule has 0 aromatic carbocycles. The standard InChI is InChI=1S/C9H14O6/c1-8(2)6(12)5(11)4(10)3-9(8,15)7(13)14/h4-5,10-11,15H,3H2,1-2H3,(H,13,14)/t4-,5+,9+/m1/s1. The van der Waals surface area contributed by atoms with Gasteiger partial charge in [0.25, 0.3) is 0 Å². The Morgan fingerprint density at radius 1 is 1.40 bits per heavy atom. The fourth-order valence-electron chi connectivity index (χ4n) is 1.77. The lowest BCUT2D eigenvalue weighted by atomic mass is 9.62. The molecule has 0 bridgehead atoms. The third-order valence-electron chi connectivity index (χ3n) is 3.14. The van der Waals surface area contributed by atoms with Crippen LogP contribution >= 0.6 is 0 Å². The first-order valence-corrected chi connectivity index (χ1v) is 4.51. The monoisotopic (exact) mass is 218 g/mol. The molecular weight excluding hydrogens is 204 g/mol. The SMILES string of the molecule is CC1(C)C(=O)[C@@H](O)[C@H](O)C[C@]1(O)C(=O)O. The third kappa shape index (κ3) is 1.45. The zero-order chi connectivity index (χ0) is 12.0. The molecule has 0 aliphatic heterocycles. The first-order chi connectivity index (χ1) is 6.64. The lowest BCUT2D eigenvalue weighted by Gasteiger charge is -2.45. The number of carbonyl (C=O) groups is 2. The van der Waals surface area contributed by atoms with Crippen LogP contribution in [0.2, 0.25) is 0 Å². The topological polar surface area (TPSA) is 115 Å². The zero-order valence-corrected chi connectivity index (χ0v) is 8.47. The van der Waals surface area contributed by atoms with E-state index in [0.717, 1.165) is 0 Å². The van der Waals surface area contributed by atoms with Crippen LogP contribution in [0.25, 0.3) is 0 Å². The fraction of sp³-hybridized carbons (Fsp3) is 0.778. The number of aliphatic hydroxyl groups excluding tert-OH is 2. The maximum atomic E-state index is 11.5. The maximum absolute atomic E-state index is 11.5. The number of aliphatic hydroxyl groups is 3. The van der Waals surface area contributed by atoms with Crippen molar-refractivity contribution in [1.29, 1.82) is 0 Å². The molecule has 1 fully saturated rings. The number of hydrogen-bond donors (Lipinski definition) is 4. The van der Waals surface area contributed by atoms with E-state index in [4.69, 9.17) is 5.11 Å². The molecule has 0 amide bonds. The van der Waals surface area contributed by atoms with E-state index in [1.807, 2.05) is 0 Å². The van der Waals surface area contributed by atoms with Crippen molar-refractivity contribution in [1.82, 2.24) is 0 Å². The number of Topliss-reactive ketones (excluding diaryl/α,β-unsaturated/α-hetero) is 1. The summed E-state index contributed by atoms with van der Waals surface area (Å²) in [5, 5.41) is 37.3. The van der Waals surface area contributed by atoms with Crippen molar-refractivity contribution in [3.63, 3.8) is 0 Å². The minimum Gasteiger partial charge on any atom is -0.479 e. The Hall–Kier alpha value is -0.980. The predicted molar refractivity (Wildman–Crippen MR) is 48.0 cm³/mol. The summed E-state index contributed by atoms with van der Waals surface area (Å²) in [6.45, 7) is 2.47. The van der Waals surface area contributed by atoms with Gasteiger partial charge in [0.2, 0.25) is 0 Å². The highest BCUT2D eigenvalue weighted by atomic mass is 16.4. The first kappa shape index (κ1) is 12.1. The van der Waals surface area contributed by atoms with Crippen molar-refractivity contribution in [3.8, 4) is 0 Å². The van der Waals surface area contributed by atoms with Crippen molar-refractivity contribution < 1.29 is 30.0 Å². The van der Waals surface area contributed by atoms with Gasteiger partial charge >= 0.3 is 5.97 Å². The van der Waals surface area contributed by atoms with Gasteiger partial charge in [-0.05, 0) is 13.8 Å². The maximum Gasteiger partial charge on any atom is 0.336 e.